The number of nitrogens with zero attached hydrogens (tertiary/aromatic N) is 2. The van der Waals surface area contributed by atoms with Crippen molar-refractivity contribution in [2.75, 3.05) is 26.4 Å². The summed E-state index contributed by atoms with van der Waals surface area (Å²) >= 11 is 1.80. The number of aliphatic imine (C=N–C) groups is 1. The maximum Gasteiger partial charge on any atom is 0.118 e. The topological polar surface area (TPSA) is 54.8 Å². The van der Waals surface area contributed by atoms with E-state index in [0.717, 1.165) is 36.1 Å². The van der Waals surface area contributed by atoms with Gasteiger partial charge in [-0.1, -0.05) is 0 Å². The molecule has 0 bridgehead atoms. The average Bonchev–Trinajstić information content (AvgIpc) is 2.64. The van der Waals surface area contributed by atoms with Crippen molar-refractivity contribution < 1.29 is 4.42 Å². The molecule has 0 spiro atoms. The molecule has 0 aliphatic carbocycles. The van der Waals surface area contributed by atoms with E-state index >= 15 is 0 Å². The van der Waals surface area contributed by atoms with Crippen LogP contribution in [0, 0.1) is 0 Å². The summed E-state index contributed by atoms with van der Waals surface area (Å²) in [6, 6.07) is 4.08. The van der Waals surface area contributed by atoms with Crippen LogP contribution < -0.4 is 5.73 Å². The molecule has 0 amide bonds. The van der Waals surface area contributed by atoms with E-state index in [1.54, 1.807) is 11.8 Å². The first-order chi connectivity index (χ1) is 7.72. The quantitative estimate of drug-likeness (QED) is 0.447. The van der Waals surface area contributed by atoms with E-state index in [-0.39, 0.29) is 0 Å². The van der Waals surface area contributed by atoms with Crippen LogP contribution in [0.3, 0.4) is 0 Å². The molecule has 0 fully saturated rings. The molecular formula is C11H19N3OS. The molecule has 1 aromatic rings. The molecular weight excluding hydrogens is 222 g/mol. The molecule has 0 aliphatic heterocycles. The Bertz CT molecular complexity index is 323. The normalized spacial score (nSPS) is 11.7. The summed E-state index contributed by atoms with van der Waals surface area (Å²) in [5, 5.41) is 0. The smallest absolute Gasteiger partial charge is 0.118 e. The molecule has 2 N–H and O–H groups in total. The minimum absolute atomic E-state index is 0.770. The van der Waals surface area contributed by atoms with E-state index in [1.807, 2.05) is 26.2 Å². The van der Waals surface area contributed by atoms with Gasteiger partial charge in [0.15, 0.2) is 0 Å². The van der Waals surface area contributed by atoms with Gasteiger partial charge in [0.05, 0.1) is 18.6 Å². The van der Waals surface area contributed by atoms with Crippen LogP contribution >= 0.6 is 11.8 Å². The second-order valence-corrected chi connectivity index (χ2v) is 4.82. The molecule has 1 heterocycles. The number of nitrogens with two attached hydrogens (primary N) is 1. The third-order valence-electron chi connectivity index (χ3n) is 1.90. The second-order valence-electron chi connectivity index (χ2n) is 3.71. The summed E-state index contributed by atoms with van der Waals surface area (Å²) in [6.07, 6.45) is 1.35. The highest BCUT2D eigenvalue weighted by Gasteiger charge is 2.02. The zero-order valence-electron chi connectivity index (χ0n) is 9.85. The average molecular weight is 241 g/mol. The number of furan rings is 1. The van der Waals surface area contributed by atoms with Gasteiger partial charge in [-0.3, -0.25) is 4.99 Å². The highest BCUT2D eigenvalue weighted by atomic mass is 32.2. The minimum atomic E-state index is 0.770. The van der Waals surface area contributed by atoms with Crippen molar-refractivity contribution in [3.05, 3.63) is 23.7 Å². The van der Waals surface area contributed by atoms with Crippen LogP contribution in [0.2, 0.25) is 0 Å². The van der Waals surface area contributed by atoms with Gasteiger partial charge in [0.25, 0.3) is 0 Å². The summed E-state index contributed by atoms with van der Waals surface area (Å²) < 4.78 is 5.68. The predicted octanol–water partition coefficient (Wildman–Crippen LogP) is 1.56. The van der Waals surface area contributed by atoms with E-state index in [2.05, 4.69) is 9.89 Å². The van der Waals surface area contributed by atoms with Gasteiger partial charge in [-0.05, 0) is 26.2 Å². The third-order valence-corrected chi connectivity index (χ3v) is 2.86. The molecule has 90 valence electrons. The van der Waals surface area contributed by atoms with E-state index in [1.165, 1.54) is 6.34 Å². The molecule has 0 radical (unpaired) electrons. The van der Waals surface area contributed by atoms with Crippen LogP contribution in [0.15, 0.2) is 21.5 Å². The van der Waals surface area contributed by atoms with Crippen molar-refractivity contribution in [2.24, 2.45) is 10.7 Å². The Morgan fingerprint density at radius 1 is 1.44 bits per heavy atom. The number of thioether (sulfide) groups is 1. The molecule has 0 atom stereocenters. The van der Waals surface area contributed by atoms with Gasteiger partial charge in [-0.15, -0.1) is 0 Å². The largest absolute Gasteiger partial charge is 0.464 e. The van der Waals surface area contributed by atoms with Crippen molar-refractivity contribution >= 4 is 18.1 Å². The molecule has 5 heteroatoms. The lowest BCUT2D eigenvalue weighted by Gasteiger charge is -2.05. The molecule has 0 saturated heterocycles. The maximum atomic E-state index is 5.68. The van der Waals surface area contributed by atoms with Crippen LogP contribution in [0.4, 0.5) is 0 Å². The summed E-state index contributed by atoms with van der Waals surface area (Å²) in [6.45, 7) is 1.62. The summed E-state index contributed by atoms with van der Waals surface area (Å²) in [5.41, 5.74) is 5.15. The Kier molecular flexibility index (Phi) is 6.03. The van der Waals surface area contributed by atoms with Gasteiger partial charge in [-0.25, -0.2) is 0 Å². The van der Waals surface area contributed by atoms with E-state index < -0.39 is 0 Å². The fourth-order valence-corrected chi connectivity index (χ4v) is 2.00. The second kappa shape index (κ2) is 7.35. The van der Waals surface area contributed by atoms with Crippen LogP contribution in [0.5, 0.6) is 0 Å². The van der Waals surface area contributed by atoms with Crippen molar-refractivity contribution in [3.63, 3.8) is 0 Å². The molecule has 1 rings (SSSR count). The van der Waals surface area contributed by atoms with Gasteiger partial charge in [0, 0.05) is 12.3 Å². The van der Waals surface area contributed by atoms with Crippen LogP contribution in [-0.2, 0) is 12.3 Å². The number of rotatable bonds is 7. The van der Waals surface area contributed by atoms with E-state index in [0.29, 0.717) is 0 Å². The van der Waals surface area contributed by atoms with Gasteiger partial charge in [0.1, 0.15) is 11.5 Å². The Labute approximate surface area is 101 Å². The highest BCUT2D eigenvalue weighted by Crippen LogP contribution is 2.15. The first-order valence-corrected chi connectivity index (χ1v) is 6.38. The van der Waals surface area contributed by atoms with Gasteiger partial charge in [0.2, 0.25) is 0 Å². The predicted molar refractivity (Wildman–Crippen MR) is 69.8 cm³/mol. The van der Waals surface area contributed by atoms with Gasteiger partial charge in [-0.2, -0.15) is 11.8 Å². The Morgan fingerprint density at radius 3 is 2.88 bits per heavy atom. The third kappa shape index (κ3) is 5.23. The lowest BCUT2D eigenvalue weighted by Crippen LogP contribution is -2.09. The first kappa shape index (κ1) is 13.1. The SMILES string of the molecule is CN(C)Cc1ccc(CSCCN=CN)o1. The fourth-order valence-electron chi connectivity index (χ4n) is 1.26. The monoisotopic (exact) mass is 241 g/mol. The van der Waals surface area contributed by atoms with Crippen molar-refractivity contribution in [2.45, 2.75) is 12.3 Å². The number of hydrogen-bond donors (Lipinski definition) is 1. The van der Waals surface area contributed by atoms with E-state index in [9.17, 15) is 0 Å². The Balaban J connectivity index is 2.24. The zero-order chi connectivity index (χ0) is 11.8. The lowest BCUT2D eigenvalue weighted by molar-refractivity contribution is 0.344. The molecule has 0 unspecified atom stereocenters. The van der Waals surface area contributed by atoms with Gasteiger partial charge < -0.3 is 15.1 Å². The van der Waals surface area contributed by atoms with Crippen LogP contribution in [0.1, 0.15) is 11.5 Å². The summed E-state index contributed by atoms with van der Waals surface area (Å²) in [5.74, 6) is 3.91. The minimum Gasteiger partial charge on any atom is -0.464 e. The van der Waals surface area contributed by atoms with Crippen molar-refractivity contribution in [1.29, 1.82) is 0 Å². The molecule has 16 heavy (non-hydrogen) atoms. The molecule has 0 aliphatic rings. The molecule has 4 nitrogen and oxygen atoms in total. The zero-order valence-corrected chi connectivity index (χ0v) is 10.7. The van der Waals surface area contributed by atoms with Crippen molar-refractivity contribution in [1.82, 2.24) is 4.90 Å². The van der Waals surface area contributed by atoms with Crippen molar-refractivity contribution in [3.8, 4) is 0 Å². The van der Waals surface area contributed by atoms with Crippen LogP contribution in [0.25, 0.3) is 0 Å². The highest BCUT2D eigenvalue weighted by molar-refractivity contribution is 7.98. The lowest BCUT2D eigenvalue weighted by atomic mass is 10.4. The Hall–Kier alpha value is -0.940. The molecule has 1 aromatic heterocycles. The summed E-state index contributed by atoms with van der Waals surface area (Å²) in [7, 11) is 4.06. The Morgan fingerprint density at radius 2 is 2.19 bits per heavy atom. The maximum absolute atomic E-state index is 5.68. The number of hydrogen-bond acceptors (Lipinski definition) is 4. The molecule has 0 saturated carbocycles. The molecule has 0 aromatic carbocycles. The first-order valence-electron chi connectivity index (χ1n) is 5.22. The standard InChI is InChI=1S/C11H19N3OS/c1-14(2)7-10-3-4-11(15-10)8-16-6-5-13-9-12/h3-4,9H,5-8H2,1-2H3,(H2,12,13). The van der Waals surface area contributed by atoms with Crippen LogP contribution in [-0.4, -0.2) is 37.6 Å². The fraction of sp³-hybridized carbons (Fsp3) is 0.545. The van der Waals surface area contributed by atoms with E-state index in [4.69, 9.17) is 10.2 Å². The summed E-state index contributed by atoms with van der Waals surface area (Å²) in [4.78, 5) is 6.03. The van der Waals surface area contributed by atoms with Gasteiger partial charge >= 0.3 is 0 Å².